The van der Waals surface area contributed by atoms with E-state index in [1.165, 1.54) is 11.1 Å². The maximum absolute atomic E-state index is 6.13. The standard InChI is InChI=1S/C14H15N.2C2H6/c15-14(13-9-5-2-6-10-13)11-12-7-3-1-4-8-12;2*1-2/h1-10,14H,11,15H2;2*1-2H3. The van der Waals surface area contributed by atoms with Gasteiger partial charge in [-0.05, 0) is 17.5 Å². The molecule has 19 heavy (non-hydrogen) atoms. The third kappa shape index (κ3) is 6.78. The Kier molecular flexibility index (Phi) is 10.5. The molecule has 2 aromatic rings. The largest absolute Gasteiger partial charge is 0.324 e. The Morgan fingerprint density at radius 3 is 1.63 bits per heavy atom. The van der Waals surface area contributed by atoms with Crippen molar-refractivity contribution in [3.8, 4) is 0 Å². The number of rotatable bonds is 3. The first-order valence-corrected chi connectivity index (χ1v) is 7.21. The van der Waals surface area contributed by atoms with Crippen molar-refractivity contribution >= 4 is 0 Å². The van der Waals surface area contributed by atoms with E-state index in [0.29, 0.717) is 0 Å². The summed E-state index contributed by atoms with van der Waals surface area (Å²) in [6.07, 6.45) is 0.894. The van der Waals surface area contributed by atoms with E-state index in [-0.39, 0.29) is 6.04 Å². The number of nitrogens with two attached hydrogens (primary N) is 1. The summed E-state index contributed by atoms with van der Waals surface area (Å²) in [5.74, 6) is 0. The second kappa shape index (κ2) is 11.5. The summed E-state index contributed by atoms with van der Waals surface area (Å²) in [4.78, 5) is 0. The molecule has 0 aromatic heterocycles. The lowest BCUT2D eigenvalue weighted by Crippen LogP contribution is -2.12. The molecule has 1 nitrogen and oxygen atoms in total. The van der Waals surface area contributed by atoms with Crippen molar-refractivity contribution in [3.63, 3.8) is 0 Å². The quantitative estimate of drug-likeness (QED) is 0.824. The van der Waals surface area contributed by atoms with Crippen LogP contribution < -0.4 is 5.73 Å². The summed E-state index contributed by atoms with van der Waals surface area (Å²) in [6, 6.07) is 20.7. The first-order chi connectivity index (χ1) is 9.36. The topological polar surface area (TPSA) is 26.0 Å². The second-order valence-electron chi connectivity index (χ2n) is 3.71. The van der Waals surface area contributed by atoms with Crippen LogP contribution in [0.25, 0.3) is 0 Å². The van der Waals surface area contributed by atoms with Crippen LogP contribution in [0.1, 0.15) is 44.9 Å². The fraction of sp³-hybridized carbons (Fsp3) is 0.333. The maximum atomic E-state index is 6.13. The molecule has 1 heteroatoms. The van der Waals surface area contributed by atoms with Crippen molar-refractivity contribution in [2.45, 2.75) is 40.2 Å². The van der Waals surface area contributed by atoms with Gasteiger partial charge in [0.2, 0.25) is 0 Å². The maximum Gasteiger partial charge on any atom is 0.0335 e. The lowest BCUT2D eigenvalue weighted by molar-refractivity contribution is 0.722. The van der Waals surface area contributed by atoms with Crippen LogP contribution in [-0.4, -0.2) is 0 Å². The summed E-state index contributed by atoms with van der Waals surface area (Å²) in [5, 5.41) is 0. The van der Waals surface area contributed by atoms with Crippen LogP contribution in [0.4, 0.5) is 0 Å². The Morgan fingerprint density at radius 1 is 0.737 bits per heavy atom. The molecule has 1 atom stereocenters. The van der Waals surface area contributed by atoms with Gasteiger partial charge in [-0.25, -0.2) is 0 Å². The van der Waals surface area contributed by atoms with E-state index in [4.69, 9.17) is 5.73 Å². The highest BCUT2D eigenvalue weighted by Gasteiger charge is 2.05. The molecule has 0 saturated heterocycles. The first kappa shape index (κ1) is 17.4. The molecule has 104 valence electrons. The van der Waals surface area contributed by atoms with Gasteiger partial charge in [-0.15, -0.1) is 0 Å². The number of hydrogen-bond acceptors (Lipinski definition) is 1. The molecule has 0 bridgehead atoms. The molecular weight excluding hydrogens is 230 g/mol. The average Bonchev–Trinajstić information content (AvgIpc) is 2.53. The highest BCUT2D eigenvalue weighted by Crippen LogP contribution is 2.15. The van der Waals surface area contributed by atoms with Crippen LogP contribution in [-0.2, 0) is 6.42 Å². The van der Waals surface area contributed by atoms with Crippen molar-refractivity contribution in [1.82, 2.24) is 0 Å². The first-order valence-electron chi connectivity index (χ1n) is 7.21. The van der Waals surface area contributed by atoms with Gasteiger partial charge in [0.05, 0.1) is 0 Å². The van der Waals surface area contributed by atoms with E-state index in [9.17, 15) is 0 Å². The summed E-state index contributed by atoms with van der Waals surface area (Å²) in [7, 11) is 0. The summed E-state index contributed by atoms with van der Waals surface area (Å²) in [5.41, 5.74) is 8.61. The lowest BCUT2D eigenvalue weighted by Gasteiger charge is -2.11. The zero-order valence-corrected chi connectivity index (χ0v) is 12.6. The fourth-order valence-corrected chi connectivity index (χ4v) is 1.69. The second-order valence-corrected chi connectivity index (χ2v) is 3.71. The van der Waals surface area contributed by atoms with E-state index in [0.717, 1.165) is 6.42 Å². The molecule has 0 saturated carbocycles. The highest BCUT2D eigenvalue weighted by molar-refractivity contribution is 5.23. The smallest absolute Gasteiger partial charge is 0.0335 e. The number of hydrogen-bond donors (Lipinski definition) is 1. The molecule has 0 fully saturated rings. The Labute approximate surface area is 118 Å². The van der Waals surface area contributed by atoms with E-state index >= 15 is 0 Å². The minimum absolute atomic E-state index is 0.0913. The molecule has 0 aliphatic rings. The minimum Gasteiger partial charge on any atom is -0.324 e. The third-order valence-electron chi connectivity index (χ3n) is 2.53. The third-order valence-corrected chi connectivity index (χ3v) is 2.53. The summed E-state index contributed by atoms with van der Waals surface area (Å²) in [6.45, 7) is 8.00. The predicted molar refractivity (Wildman–Crippen MR) is 86.2 cm³/mol. The SMILES string of the molecule is CC.CC.NC(Cc1ccccc1)c1ccccc1. The van der Waals surface area contributed by atoms with Crippen LogP contribution in [0.2, 0.25) is 0 Å². The fourth-order valence-electron chi connectivity index (χ4n) is 1.69. The van der Waals surface area contributed by atoms with Crippen molar-refractivity contribution in [3.05, 3.63) is 71.8 Å². The van der Waals surface area contributed by atoms with Crippen molar-refractivity contribution in [1.29, 1.82) is 0 Å². The molecule has 2 rings (SSSR count). The van der Waals surface area contributed by atoms with Gasteiger partial charge < -0.3 is 5.73 Å². The van der Waals surface area contributed by atoms with Gasteiger partial charge in [0, 0.05) is 6.04 Å². The minimum atomic E-state index is 0.0913. The zero-order valence-electron chi connectivity index (χ0n) is 12.6. The van der Waals surface area contributed by atoms with Gasteiger partial charge in [-0.3, -0.25) is 0 Å². The normalized spacial score (nSPS) is 10.4. The van der Waals surface area contributed by atoms with E-state index in [1.807, 2.05) is 64.1 Å². The number of benzene rings is 2. The van der Waals surface area contributed by atoms with Gasteiger partial charge in [0.15, 0.2) is 0 Å². The van der Waals surface area contributed by atoms with E-state index < -0.39 is 0 Å². The van der Waals surface area contributed by atoms with Crippen molar-refractivity contribution < 1.29 is 0 Å². The Hall–Kier alpha value is -1.60. The molecule has 2 N–H and O–H groups in total. The van der Waals surface area contributed by atoms with Crippen LogP contribution in [0.15, 0.2) is 60.7 Å². The Morgan fingerprint density at radius 2 is 1.16 bits per heavy atom. The molecule has 0 aliphatic carbocycles. The van der Waals surface area contributed by atoms with Crippen LogP contribution in [0.5, 0.6) is 0 Å². The van der Waals surface area contributed by atoms with Gasteiger partial charge in [0.25, 0.3) is 0 Å². The van der Waals surface area contributed by atoms with Crippen molar-refractivity contribution in [2.75, 3.05) is 0 Å². The van der Waals surface area contributed by atoms with Gasteiger partial charge >= 0.3 is 0 Å². The van der Waals surface area contributed by atoms with Crippen LogP contribution in [0.3, 0.4) is 0 Å². The molecule has 0 aliphatic heterocycles. The molecular formula is C18H27N. The van der Waals surface area contributed by atoms with Gasteiger partial charge in [-0.2, -0.15) is 0 Å². The molecule has 2 aromatic carbocycles. The Bertz CT molecular complexity index is 395. The van der Waals surface area contributed by atoms with E-state index in [2.05, 4.69) is 24.3 Å². The molecule has 1 unspecified atom stereocenters. The molecule has 0 amide bonds. The molecule has 0 radical (unpaired) electrons. The molecule has 0 spiro atoms. The Balaban J connectivity index is 0.000000741. The van der Waals surface area contributed by atoms with Crippen LogP contribution in [0, 0.1) is 0 Å². The lowest BCUT2D eigenvalue weighted by atomic mass is 10.00. The van der Waals surface area contributed by atoms with Gasteiger partial charge in [-0.1, -0.05) is 88.4 Å². The van der Waals surface area contributed by atoms with Crippen LogP contribution >= 0.6 is 0 Å². The monoisotopic (exact) mass is 257 g/mol. The predicted octanol–water partition coefficient (Wildman–Crippen LogP) is 4.98. The van der Waals surface area contributed by atoms with E-state index in [1.54, 1.807) is 0 Å². The summed E-state index contributed by atoms with van der Waals surface area (Å²) >= 11 is 0. The highest BCUT2D eigenvalue weighted by atomic mass is 14.6. The van der Waals surface area contributed by atoms with Gasteiger partial charge in [0.1, 0.15) is 0 Å². The van der Waals surface area contributed by atoms with Crippen molar-refractivity contribution in [2.24, 2.45) is 5.73 Å². The molecule has 0 heterocycles. The summed E-state index contributed by atoms with van der Waals surface area (Å²) < 4.78 is 0. The zero-order chi connectivity index (χ0) is 14.5. The average molecular weight is 257 g/mol.